The van der Waals surface area contributed by atoms with Crippen LogP contribution in [0.15, 0.2) is 36.5 Å². The molecule has 13 heteroatoms. The highest BCUT2D eigenvalue weighted by Gasteiger charge is 2.44. The van der Waals surface area contributed by atoms with Gasteiger partial charge in [0.2, 0.25) is 11.9 Å². The molecule has 1 aromatic carbocycles. The molecule has 0 unspecified atom stereocenters. The van der Waals surface area contributed by atoms with Crippen molar-refractivity contribution in [3.63, 3.8) is 0 Å². The van der Waals surface area contributed by atoms with Crippen molar-refractivity contribution >= 4 is 28.7 Å². The fraction of sp³-hybridized carbons (Fsp3) is 0.409. The highest BCUT2D eigenvalue weighted by atomic mass is 19.4. The van der Waals surface area contributed by atoms with E-state index in [1.54, 1.807) is 11.0 Å². The summed E-state index contributed by atoms with van der Waals surface area (Å²) in [5.41, 5.74) is 7.20. The Labute approximate surface area is 197 Å². The van der Waals surface area contributed by atoms with Crippen LogP contribution in [0.5, 0.6) is 0 Å². The van der Waals surface area contributed by atoms with Crippen LogP contribution >= 0.6 is 0 Å². The first-order valence-corrected chi connectivity index (χ1v) is 11.0. The van der Waals surface area contributed by atoms with Gasteiger partial charge in [0.05, 0.1) is 24.4 Å². The first-order chi connectivity index (χ1) is 16.7. The zero-order chi connectivity index (χ0) is 24.7. The maximum atomic E-state index is 13.0. The number of benzene rings is 1. The molecule has 2 amide bonds. The number of likely N-dealkylation sites (tertiary alicyclic amines) is 1. The number of anilines is 1. The van der Waals surface area contributed by atoms with Crippen molar-refractivity contribution in [2.45, 2.75) is 24.7 Å². The predicted molar refractivity (Wildman–Crippen MR) is 117 cm³/mol. The van der Waals surface area contributed by atoms with Gasteiger partial charge >= 0.3 is 6.18 Å². The summed E-state index contributed by atoms with van der Waals surface area (Å²) in [6.45, 7) is 0.000814. The molecule has 2 aliphatic rings. The number of nitrogen functional groups attached to an aromatic ring is 1. The summed E-state index contributed by atoms with van der Waals surface area (Å²) >= 11 is 0. The minimum absolute atomic E-state index is 0.0177. The molecule has 1 atom stereocenters. The third kappa shape index (κ3) is 4.50. The smallest absolute Gasteiger partial charge is 0.368 e. The molecule has 10 nitrogen and oxygen atoms in total. The molecule has 2 aliphatic heterocycles. The Kier molecular flexibility index (Phi) is 5.79. The van der Waals surface area contributed by atoms with Crippen LogP contribution in [0.2, 0.25) is 0 Å². The first-order valence-electron chi connectivity index (χ1n) is 11.0. The number of amides is 2. The van der Waals surface area contributed by atoms with Crippen LogP contribution in [0.1, 0.15) is 22.1 Å². The number of morpholine rings is 1. The highest BCUT2D eigenvalue weighted by Crippen LogP contribution is 2.33. The lowest BCUT2D eigenvalue weighted by atomic mass is 9.93. The molecule has 0 aliphatic carbocycles. The number of halogens is 3. The third-order valence-electron chi connectivity index (χ3n) is 6.20. The molecule has 2 N–H and O–H groups in total. The lowest BCUT2D eigenvalue weighted by molar-refractivity contribution is -0.236. The molecule has 35 heavy (non-hydrogen) atoms. The van der Waals surface area contributed by atoms with E-state index in [2.05, 4.69) is 15.1 Å². The van der Waals surface area contributed by atoms with E-state index in [4.69, 9.17) is 10.5 Å². The average molecular weight is 489 g/mol. The van der Waals surface area contributed by atoms with E-state index in [0.717, 1.165) is 16.0 Å². The Hall–Kier alpha value is -3.74. The maximum absolute atomic E-state index is 13.0. The van der Waals surface area contributed by atoms with Gasteiger partial charge in [-0.1, -0.05) is 18.2 Å². The van der Waals surface area contributed by atoms with Gasteiger partial charge in [-0.25, -0.2) is 9.97 Å². The second kappa shape index (κ2) is 8.80. The van der Waals surface area contributed by atoms with Gasteiger partial charge in [0, 0.05) is 37.1 Å². The molecule has 0 spiro atoms. The molecule has 3 aromatic rings. The van der Waals surface area contributed by atoms with Gasteiger partial charge < -0.3 is 20.3 Å². The molecule has 0 saturated carbocycles. The molecule has 184 valence electrons. The van der Waals surface area contributed by atoms with Crippen molar-refractivity contribution in [3.05, 3.63) is 47.9 Å². The number of fused-ring (bicyclic) bond motifs is 1. The van der Waals surface area contributed by atoms with E-state index in [-0.39, 0.29) is 43.2 Å². The minimum Gasteiger partial charge on any atom is -0.368 e. The zero-order valence-electron chi connectivity index (χ0n) is 18.5. The lowest BCUT2D eigenvalue weighted by Gasteiger charge is -2.38. The van der Waals surface area contributed by atoms with Crippen LogP contribution in [0.3, 0.4) is 0 Å². The van der Waals surface area contributed by atoms with Crippen LogP contribution in [0.25, 0.3) is 10.9 Å². The quantitative estimate of drug-likeness (QED) is 0.589. The summed E-state index contributed by atoms with van der Waals surface area (Å²) < 4.78 is 45.4. The van der Waals surface area contributed by atoms with E-state index in [9.17, 15) is 22.8 Å². The Bertz CT molecular complexity index is 1270. The topological polar surface area (TPSA) is 119 Å². The third-order valence-corrected chi connectivity index (χ3v) is 6.20. The Balaban J connectivity index is 1.31. The summed E-state index contributed by atoms with van der Waals surface area (Å²) in [5, 5.41) is 5.46. The molecule has 2 fully saturated rings. The molecule has 2 saturated heterocycles. The number of alkyl halides is 3. The normalized spacial score (nSPS) is 19.1. The van der Waals surface area contributed by atoms with Gasteiger partial charge in [0.25, 0.3) is 5.91 Å². The average Bonchev–Trinajstić information content (AvgIpc) is 3.15. The second-order valence-corrected chi connectivity index (χ2v) is 8.51. The number of nitrogens with two attached hydrogens (primary N) is 1. The zero-order valence-corrected chi connectivity index (χ0v) is 18.5. The van der Waals surface area contributed by atoms with Gasteiger partial charge in [-0.2, -0.15) is 18.3 Å². The molecule has 2 aromatic heterocycles. The number of rotatable bonds is 4. The molecular weight excluding hydrogens is 467 g/mol. The Morgan fingerprint density at radius 1 is 1.11 bits per heavy atom. The van der Waals surface area contributed by atoms with Crippen LogP contribution in [0, 0.1) is 0 Å². The van der Waals surface area contributed by atoms with Crippen molar-refractivity contribution in [3.8, 4) is 0 Å². The summed E-state index contributed by atoms with van der Waals surface area (Å²) in [4.78, 5) is 36.0. The molecule has 0 radical (unpaired) electrons. The van der Waals surface area contributed by atoms with Crippen molar-refractivity contribution in [1.82, 2.24) is 29.5 Å². The van der Waals surface area contributed by atoms with Gasteiger partial charge in [-0.3, -0.25) is 14.3 Å². The monoisotopic (exact) mass is 489 g/mol. The number of hydrogen-bond acceptors (Lipinski definition) is 7. The highest BCUT2D eigenvalue weighted by molar-refractivity contribution is 5.93. The number of para-hydroxylation sites is 1. The van der Waals surface area contributed by atoms with Crippen LogP contribution < -0.4 is 5.73 Å². The van der Waals surface area contributed by atoms with Crippen molar-refractivity contribution in [1.29, 1.82) is 0 Å². The number of hydrogen-bond donors (Lipinski definition) is 1. The fourth-order valence-corrected chi connectivity index (χ4v) is 4.35. The molecule has 4 heterocycles. The summed E-state index contributed by atoms with van der Waals surface area (Å²) in [6.07, 6.45) is -5.10. The largest absolute Gasteiger partial charge is 0.416 e. The first kappa shape index (κ1) is 23.0. The summed E-state index contributed by atoms with van der Waals surface area (Å²) in [7, 11) is 0. The summed E-state index contributed by atoms with van der Waals surface area (Å²) in [6, 6.07) is 8.84. The second-order valence-electron chi connectivity index (χ2n) is 8.51. The Morgan fingerprint density at radius 2 is 1.89 bits per heavy atom. The van der Waals surface area contributed by atoms with Gasteiger partial charge in [0.15, 0.2) is 6.10 Å². The van der Waals surface area contributed by atoms with Crippen LogP contribution in [-0.2, 0) is 16.1 Å². The predicted octanol–water partition coefficient (Wildman–Crippen LogP) is 1.44. The van der Waals surface area contributed by atoms with E-state index in [1.807, 2.05) is 18.2 Å². The number of carbonyl (C=O) groups is 2. The van der Waals surface area contributed by atoms with E-state index < -0.39 is 24.7 Å². The van der Waals surface area contributed by atoms with Gasteiger partial charge in [-0.15, -0.1) is 0 Å². The maximum Gasteiger partial charge on any atom is 0.416 e. The fourth-order valence-electron chi connectivity index (χ4n) is 4.35. The van der Waals surface area contributed by atoms with E-state index >= 15 is 0 Å². The lowest BCUT2D eigenvalue weighted by Crippen LogP contribution is -2.51. The van der Waals surface area contributed by atoms with Crippen molar-refractivity contribution in [2.24, 2.45) is 0 Å². The Morgan fingerprint density at radius 3 is 2.63 bits per heavy atom. The van der Waals surface area contributed by atoms with Crippen LogP contribution in [0.4, 0.5) is 19.1 Å². The molecule has 0 bridgehead atoms. The SMILES string of the molecule is Nc1nccc(C(=O)N2CC(c3nn(CC(=O)N4CCO[C@@H](C(F)(F)F)C4)c4ccccc34)C2)n1. The number of aromatic nitrogens is 4. The van der Waals surface area contributed by atoms with Gasteiger partial charge in [-0.05, 0) is 12.1 Å². The summed E-state index contributed by atoms with van der Waals surface area (Å²) in [5.74, 6) is -0.767. The van der Waals surface area contributed by atoms with Crippen LogP contribution in [-0.4, -0.2) is 86.4 Å². The number of carbonyl (C=O) groups excluding carboxylic acids is 2. The van der Waals surface area contributed by atoms with Crippen molar-refractivity contribution < 1.29 is 27.5 Å². The van der Waals surface area contributed by atoms with E-state index in [1.165, 1.54) is 16.9 Å². The molecule has 5 rings (SSSR count). The van der Waals surface area contributed by atoms with Gasteiger partial charge in [0.1, 0.15) is 12.2 Å². The number of ether oxygens (including phenoxy) is 1. The van der Waals surface area contributed by atoms with Crippen molar-refractivity contribution in [2.75, 3.05) is 38.5 Å². The standard InChI is InChI=1S/C22H22F3N7O3/c23-22(24,25)17-11-30(7-8-35-17)18(33)12-32-16-4-2-1-3-14(16)19(29-32)13-9-31(10-13)20(34)15-5-6-27-21(26)28-15/h1-6,13,17H,7-12H2,(H2,26,27,28)/t17-/m1/s1. The number of nitrogens with zero attached hydrogens (tertiary/aromatic N) is 6. The molecular formula is C22H22F3N7O3. The van der Waals surface area contributed by atoms with E-state index in [0.29, 0.717) is 18.6 Å². The minimum atomic E-state index is -4.53.